The molecule has 1 aliphatic rings. The van der Waals surface area contributed by atoms with Crippen LogP contribution in [0.25, 0.3) is 0 Å². The monoisotopic (exact) mass is 234 g/mol. The molecule has 1 aromatic rings. The van der Waals surface area contributed by atoms with Crippen LogP contribution in [0.15, 0.2) is 18.2 Å². The van der Waals surface area contributed by atoms with E-state index in [1.807, 2.05) is 6.07 Å². The fourth-order valence-corrected chi connectivity index (χ4v) is 2.24. The summed E-state index contributed by atoms with van der Waals surface area (Å²) in [5.41, 5.74) is 7.66. The van der Waals surface area contributed by atoms with Crippen molar-refractivity contribution in [3.63, 3.8) is 0 Å². The largest absolute Gasteiger partial charge is 0.324 e. The van der Waals surface area contributed by atoms with Crippen molar-refractivity contribution in [2.75, 3.05) is 0 Å². The van der Waals surface area contributed by atoms with E-state index in [0.717, 1.165) is 18.4 Å². The molecular weight excluding hydrogens is 216 g/mol. The molecule has 1 aliphatic carbocycles. The predicted octanol–water partition coefficient (Wildman–Crippen LogP) is 2.67. The molecule has 17 heavy (non-hydrogen) atoms. The van der Waals surface area contributed by atoms with E-state index < -0.39 is 0 Å². The average Bonchev–Trinajstić information content (AvgIpc) is 2.98. The van der Waals surface area contributed by atoms with Gasteiger partial charge in [-0.3, -0.25) is 10.1 Å². The third kappa shape index (κ3) is 1.82. The van der Waals surface area contributed by atoms with Gasteiger partial charge in [-0.25, -0.2) is 0 Å². The zero-order valence-electron chi connectivity index (χ0n) is 10.5. The zero-order valence-corrected chi connectivity index (χ0v) is 10.5. The molecule has 0 bridgehead atoms. The van der Waals surface area contributed by atoms with Crippen LogP contribution in [-0.4, -0.2) is 10.5 Å². The standard InChI is InChI=1S/C13H18N2O2/c1-9-4-5-10(8-11(9)15(16)17)12(2,3)13(14)6-7-13/h4-5,8H,6-7,14H2,1-3H3. The van der Waals surface area contributed by atoms with Crippen LogP contribution in [0.3, 0.4) is 0 Å². The second-order valence-electron chi connectivity index (χ2n) is 5.54. The third-order valence-electron chi connectivity index (χ3n) is 4.16. The number of nitro groups is 1. The number of nitrogens with zero attached hydrogens (tertiary/aromatic N) is 1. The van der Waals surface area contributed by atoms with E-state index in [4.69, 9.17) is 5.73 Å². The number of aryl methyl sites for hydroxylation is 1. The first-order valence-corrected chi connectivity index (χ1v) is 5.82. The molecule has 4 heteroatoms. The van der Waals surface area contributed by atoms with Crippen molar-refractivity contribution in [2.24, 2.45) is 5.73 Å². The smallest absolute Gasteiger partial charge is 0.272 e. The molecule has 0 amide bonds. The van der Waals surface area contributed by atoms with Crippen LogP contribution >= 0.6 is 0 Å². The molecule has 4 nitrogen and oxygen atoms in total. The fourth-order valence-electron chi connectivity index (χ4n) is 2.24. The van der Waals surface area contributed by atoms with Crippen molar-refractivity contribution >= 4 is 5.69 Å². The maximum atomic E-state index is 10.9. The Labute approximate surface area is 101 Å². The normalized spacial score (nSPS) is 17.9. The quantitative estimate of drug-likeness (QED) is 0.645. The lowest BCUT2D eigenvalue weighted by Gasteiger charge is -2.32. The minimum atomic E-state index is -0.328. The first-order chi connectivity index (χ1) is 7.78. The molecule has 2 rings (SSSR count). The highest BCUT2D eigenvalue weighted by molar-refractivity contribution is 5.46. The third-order valence-corrected chi connectivity index (χ3v) is 4.16. The molecule has 0 saturated heterocycles. The number of nitro benzene ring substituents is 1. The highest BCUT2D eigenvalue weighted by Crippen LogP contribution is 2.49. The molecule has 0 aliphatic heterocycles. The Morgan fingerprint density at radius 3 is 2.47 bits per heavy atom. The van der Waals surface area contributed by atoms with Crippen molar-refractivity contribution in [1.29, 1.82) is 0 Å². The summed E-state index contributed by atoms with van der Waals surface area (Å²) in [5.74, 6) is 0. The van der Waals surface area contributed by atoms with Crippen LogP contribution in [0.2, 0.25) is 0 Å². The molecule has 2 N–H and O–H groups in total. The zero-order chi connectivity index (χ0) is 12.8. The lowest BCUT2D eigenvalue weighted by atomic mass is 9.75. The fraction of sp³-hybridized carbons (Fsp3) is 0.538. The van der Waals surface area contributed by atoms with Gasteiger partial charge in [0, 0.05) is 22.6 Å². The maximum Gasteiger partial charge on any atom is 0.272 e. The van der Waals surface area contributed by atoms with Gasteiger partial charge in [-0.05, 0) is 25.3 Å². The van der Waals surface area contributed by atoms with E-state index in [-0.39, 0.29) is 21.6 Å². The molecule has 1 saturated carbocycles. The van der Waals surface area contributed by atoms with Crippen molar-refractivity contribution in [2.45, 2.75) is 44.6 Å². The lowest BCUT2D eigenvalue weighted by Crippen LogP contribution is -2.43. The summed E-state index contributed by atoms with van der Waals surface area (Å²) in [4.78, 5) is 10.6. The molecule has 0 spiro atoms. The summed E-state index contributed by atoms with van der Waals surface area (Å²) in [7, 11) is 0. The number of hydrogen-bond donors (Lipinski definition) is 1. The Morgan fingerprint density at radius 2 is 2.00 bits per heavy atom. The lowest BCUT2D eigenvalue weighted by molar-refractivity contribution is -0.385. The van der Waals surface area contributed by atoms with Crippen LogP contribution in [0, 0.1) is 17.0 Å². The first-order valence-electron chi connectivity index (χ1n) is 5.82. The summed E-state index contributed by atoms with van der Waals surface area (Å²) < 4.78 is 0. The average molecular weight is 234 g/mol. The Bertz CT molecular complexity index is 476. The number of nitrogens with two attached hydrogens (primary N) is 1. The topological polar surface area (TPSA) is 69.2 Å². The molecule has 0 atom stereocenters. The van der Waals surface area contributed by atoms with Crippen molar-refractivity contribution in [1.82, 2.24) is 0 Å². The van der Waals surface area contributed by atoms with Gasteiger partial charge in [-0.1, -0.05) is 26.0 Å². The van der Waals surface area contributed by atoms with Gasteiger partial charge in [0.2, 0.25) is 0 Å². The molecule has 0 radical (unpaired) electrons. The van der Waals surface area contributed by atoms with Gasteiger partial charge < -0.3 is 5.73 Å². The number of benzene rings is 1. The molecule has 0 unspecified atom stereocenters. The van der Waals surface area contributed by atoms with E-state index in [1.54, 1.807) is 19.1 Å². The summed E-state index contributed by atoms with van der Waals surface area (Å²) in [6.45, 7) is 5.88. The molecule has 0 heterocycles. The van der Waals surface area contributed by atoms with Crippen molar-refractivity contribution in [3.8, 4) is 0 Å². The van der Waals surface area contributed by atoms with Crippen molar-refractivity contribution < 1.29 is 4.92 Å². The van der Waals surface area contributed by atoms with Crippen LogP contribution in [0.5, 0.6) is 0 Å². The second-order valence-corrected chi connectivity index (χ2v) is 5.54. The van der Waals surface area contributed by atoms with Gasteiger partial charge in [0.05, 0.1) is 4.92 Å². The van der Waals surface area contributed by atoms with Crippen LogP contribution in [0.4, 0.5) is 5.69 Å². The minimum Gasteiger partial charge on any atom is -0.324 e. The second kappa shape index (κ2) is 3.53. The summed E-state index contributed by atoms with van der Waals surface area (Å²) in [5, 5.41) is 10.9. The maximum absolute atomic E-state index is 10.9. The van der Waals surface area contributed by atoms with E-state index in [9.17, 15) is 10.1 Å². The molecular formula is C13H18N2O2. The summed E-state index contributed by atoms with van der Waals surface area (Å²) in [6.07, 6.45) is 1.98. The first kappa shape index (κ1) is 12.0. The minimum absolute atomic E-state index is 0.180. The summed E-state index contributed by atoms with van der Waals surface area (Å²) in [6, 6.07) is 5.43. The highest BCUT2D eigenvalue weighted by atomic mass is 16.6. The Kier molecular flexibility index (Phi) is 2.51. The summed E-state index contributed by atoms with van der Waals surface area (Å²) >= 11 is 0. The Hall–Kier alpha value is -1.42. The van der Waals surface area contributed by atoms with E-state index in [2.05, 4.69) is 13.8 Å². The highest BCUT2D eigenvalue weighted by Gasteiger charge is 2.52. The molecule has 1 fully saturated rings. The molecule has 0 aromatic heterocycles. The number of hydrogen-bond acceptors (Lipinski definition) is 3. The Balaban J connectivity index is 2.47. The van der Waals surface area contributed by atoms with E-state index in [0.29, 0.717) is 5.56 Å². The Morgan fingerprint density at radius 1 is 1.41 bits per heavy atom. The van der Waals surface area contributed by atoms with Gasteiger partial charge in [0.15, 0.2) is 0 Å². The molecule has 92 valence electrons. The van der Waals surface area contributed by atoms with Gasteiger partial charge in [-0.2, -0.15) is 0 Å². The number of rotatable bonds is 3. The van der Waals surface area contributed by atoms with Gasteiger partial charge >= 0.3 is 0 Å². The van der Waals surface area contributed by atoms with Gasteiger partial charge in [-0.15, -0.1) is 0 Å². The predicted molar refractivity (Wildman–Crippen MR) is 67.0 cm³/mol. The van der Waals surface area contributed by atoms with E-state index >= 15 is 0 Å². The van der Waals surface area contributed by atoms with Crippen LogP contribution < -0.4 is 5.73 Å². The SMILES string of the molecule is Cc1ccc(C(C)(C)C2(N)CC2)cc1[N+](=O)[O-]. The molecule has 1 aromatic carbocycles. The van der Waals surface area contributed by atoms with Gasteiger partial charge in [0.1, 0.15) is 0 Å². The van der Waals surface area contributed by atoms with E-state index in [1.165, 1.54) is 0 Å². The van der Waals surface area contributed by atoms with Crippen LogP contribution in [0.1, 0.15) is 37.8 Å². The van der Waals surface area contributed by atoms with Crippen LogP contribution in [-0.2, 0) is 5.41 Å². The van der Waals surface area contributed by atoms with Gasteiger partial charge in [0.25, 0.3) is 5.69 Å². The van der Waals surface area contributed by atoms with Crippen molar-refractivity contribution in [3.05, 3.63) is 39.4 Å².